The molecule has 7 heteroatoms. The van der Waals surface area contributed by atoms with Gasteiger partial charge >= 0.3 is 5.97 Å². The normalized spacial score (nSPS) is 13.9. The molecule has 0 aromatic heterocycles. The van der Waals surface area contributed by atoms with Gasteiger partial charge in [-0.15, -0.1) is 0 Å². The summed E-state index contributed by atoms with van der Waals surface area (Å²) in [6.07, 6.45) is 1.70. The van der Waals surface area contributed by atoms with E-state index < -0.39 is 5.97 Å². The second kappa shape index (κ2) is 11.5. The smallest absolute Gasteiger partial charge is 0.363 e. The van der Waals surface area contributed by atoms with Crippen molar-refractivity contribution in [2.75, 3.05) is 7.11 Å². The van der Waals surface area contributed by atoms with E-state index in [4.69, 9.17) is 14.2 Å². The number of hydrogen-bond donors (Lipinski definition) is 0. The van der Waals surface area contributed by atoms with Crippen LogP contribution in [0.3, 0.4) is 0 Å². The summed E-state index contributed by atoms with van der Waals surface area (Å²) in [5.41, 5.74) is 5.00. The molecule has 4 aromatic rings. The Morgan fingerprint density at radius 2 is 1.59 bits per heavy atom. The molecule has 5 nitrogen and oxygen atoms in total. The van der Waals surface area contributed by atoms with Crippen LogP contribution in [0.25, 0.3) is 17.2 Å². The lowest BCUT2D eigenvalue weighted by Gasteiger charge is -2.14. The SMILES string of the molecule is COc1cc(/C=C2\N=C(c3ccc(-c4ccccc4)cc3)OC2=O)cc(I)c1OCc1cccc(I)c1. The molecule has 0 radical (unpaired) electrons. The van der Waals surface area contributed by atoms with Crippen molar-refractivity contribution in [1.82, 2.24) is 0 Å². The van der Waals surface area contributed by atoms with Crippen molar-refractivity contribution in [3.8, 4) is 22.6 Å². The van der Waals surface area contributed by atoms with Gasteiger partial charge in [-0.25, -0.2) is 9.79 Å². The van der Waals surface area contributed by atoms with Crippen LogP contribution in [-0.4, -0.2) is 19.0 Å². The molecule has 1 heterocycles. The van der Waals surface area contributed by atoms with Crippen LogP contribution in [0.4, 0.5) is 0 Å². The number of cyclic esters (lactones) is 1. The summed E-state index contributed by atoms with van der Waals surface area (Å²) in [5.74, 6) is 1.03. The van der Waals surface area contributed by atoms with Crippen molar-refractivity contribution >= 4 is 63.1 Å². The lowest BCUT2D eigenvalue weighted by molar-refractivity contribution is -0.129. The lowest BCUT2D eigenvalue weighted by Crippen LogP contribution is -2.05. The molecule has 0 amide bonds. The molecule has 0 saturated heterocycles. The van der Waals surface area contributed by atoms with E-state index in [1.54, 1.807) is 13.2 Å². The van der Waals surface area contributed by atoms with Gasteiger partial charge in [0, 0.05) is 9.13 Å². The topological polar surface area (TPSA) is 57.1 Å². The standard InChI is InChI=1S/C30H21I2NO4/c1-35-27-17-20(15-25(32)28(27)36-18-19-6-5-9-24(31)14-19)16-26-30(34)37-29(33-26)23-12-10-22(11-13-23)21-7-3-2-4-8-21/h2-17H,18H2,1H3/b26-16-. The van der Waals surface area contributed by atoms with Gasteiger partial charge in [0.2, 0.25) is 5.90 Å². The average molecular weight is 713 g/mol. The van der Waals surface area contributed by atoms with E-state index in [1.807, 2.05) is 72.8 Å². The molecule has 0 fully saturated rings. The maximum atomic E-state index is 12.6. The van der Waals surface area contributed by atoms with E-state index in [9.17, 15) is 4.79 Å². The number of aliphatic imine (C=N–C) groups is 1. The first kappa shape index (κ1) is 25.5. The fraction of sp³-hybridized carbons (Fsp3) is 0.0667. The number of carbonyl (C=O) groups is 1. The minimum absolute atomic E-state index is 0.229. The number of hydrogen-bond acceptors (Lipinski definition) is 5. The van der Waals surface area contributed by atoms with Crippen LogP contribution < -0.4 is 9.47 Å². The second-order valence-electron chi connectivity index (χ2n) is 8.23. The quantitative estimate of drug-likeness (QED) is 0.113. The van der Waals surface area contributed by atoms with Crippen LogP contribution >= 0.6 is 45.2 Å². The molecule has 1 aliphatic rings. The van der Waals surface area contributed by atoms with Gasteiger partial charge in [0.1, 0.15) is 6.61 Å². The third-order valence-corrected chi connectivity index (χ3v) is 7.16. The Labute approximate surface area is 242 Å². The molecule has 0 aliphatic carbocycles. The van der Waals surface area contributed by atoms with Gasteiger partial charge in [0.05, 0.1) is 10.7 Å². The van der Waals surface area contributed by atoms with Crippen LogP contribution in [0.1, 0.15) is 16.7 Å². The Morgan fingerprint density at radius 3 is 2.32 bits per heavy atom. The van der Waals surface area contributed by atoms with E-state index in [2.05, 4.69) is 68.4 Å². The van der Waals surface area contributed by atoms with Crippen LogP contribution in [0.2, 0.25) is 0 Å². The number of carbonyl (C=O) groups excluding carboxylic acids is 1. The molecule has 4 aromatic carbocycles. The number of esters is 1. The van der Waals surface area contributed by atoms with Gasteiger partial charge in [0.15, 0.2) is 17.2 Å². The molecule has 0 saturated carbocycles. The second-order valence-corrected chi connectivity index (χ2v) is 10.6. The summed E-state index contributed by atoms with van der Waals surface area (Å²) >= 11 is 4.49. The molecule has 0 N–H and O–H groups in total. The minimum Gasteiger partial charge on any atom is -0.493 e. The Kier molecular flexibility index (Phi) is 7.90. The molecule has 0 atom stereocenters. The number of nitrogens with zero attached hydrogens (tertiary/aromatic N) is 1. The number of methoxy groups -OCH3 is 1. The van der Waals surface area contributed by atoms with Crippen molar-refractivity contribution in [3.05, 3.63) is 121 Å². The van der Waals surface area contributed by atoms with E-state index in [0.29, 0.717) is 18.1 Å². The molecule has 0 unspecified atom stereocenters. The maximum absolute atomic E-state index is 12.6. The summed E-state index contributed by atoms with van der Waals surface area (Å²) in [6, 6.07) is 29.8. The first-order valence-corrected chi connectivity index (χ1v) is 13.6. The number of halogens is 2. The van der Waals surface area contributed by atoms with Gasteiger partial charge in [0.25, 0.3) is 0 Å². The summed E-state index contributed by atoms with van der Waals surface area (Å²) in [7, 11) is 1.60. The van der Waals surface area contributed by atoms with Gasteiger partial charge < -0.3 is 14.2 Å². The molecule has 184 valence electrons. The lowest BCUT2D eigenvalue weighted by atomic mass is 10.0. The van der Waals surface area contributed by atoms with Crippen LogP contribution in [0.15, 0.2) is 102 Å². The fourth-order valence-electron chi connectivity index (χ4n) is 3.87. The monoisotopic (exact) mass is 713 g/mol. The highest BCUT2D eigenvalue weighted by molar-refractivity contribution is 14.1. The summed E-state index contributed by atoms with van der Waals surface area (Å²) in [4.78, 5) is 17.0. The van der Waals surface area contributed by atoms with Gasteiger partial charge in [-0.1, -0.05) is 54.6 Å². The zero-order chi connectivity index (χ0) is 25.8. The summed E-state index contributed by atoms with van der Waals surface area (Å²) < 4.78 is 19.2. The Bertz CT molecular complexity index is 1510. The zero-order valence-electron chi connectivity index (χ0n) is 19.8. The highest BCUT2D eigenvalue weighted by Crippen LogP contribution is 2.35. The first-order valence-electron chi connectivity index (χ1n) is 11.4. The Hall–Kier alpha value is -3.18. The van der Waals surface area contributed by atoms with Crippen molar-refractivity contribution in [3.63, 3.8) is 0 Å². The Morgan fingerprint density at radius 1 is 0.865 bits per heavy atom. The maximum Gasteiger partial charge on any atom is 0.363 e. The van der Waals surface area contributed by atoms with Gasteiger partial charge in [-0.2, -0.15) is 0 Å². The number of ether oxygens (including phenoxy) is 3. The van der Waals surface area contributed by atoms with Gasteiger partial charge in [-0.05, 0) is 110 Å². The molecular formula is C30H21I2NO4. The third-order valence-electron chi connectivity index (χ3n) is 5.69. The summed E-state index contributed by atoms with van der Waals surface area (Å²) in [5, 5.41) is 0. The Balaban J connectivity index is 1.36. The van der Waals surface area contributed by atoms with Crippen molar-refractivity contribution in [1.29, 1.82) is 0 Å². The van der Waals surface area contributed by atoms with Crippen molar-refractivity contribution < 1.29 is 19.0 Å². The predicted octanol–water partition coefficient (Wildman–Crippen LogP) is 7.49. The van der Waals surface area contributed by atoms with Crippen LogP contribution in [0.5, 0.6) is 11.5 Å². The molecular weight excluding hydrogens is 692 g/mol. The van der Waals surface area contributed by atoms with E-state index in [0.717, 1.165) is 35.0 Å². The van der Waals surface area contributed by atoms with Crippen molar-refractivity contribution in [2.45, 2.75) is 6.61 Å². The minimum atomic E-state index is -0.491. The van der Waals surface area contributed by atoms with Crippen LogP contribution in [0, 0.1) is 7.14 Å². The van der Waals surface area contributed by atoms with E-state index in [1.165, 1.54) is 0 Å². The highest BCUT2D eigenvalue weighted by atomic mass is 127. The number of benzene rings is 4. The average Bonchev–Trinajstić information content (AvgIpc) is 3.28. The van der Waals surface area contributed by atoms with E-state index >= 15 is 0 Å². The largest absolute Gasteiger partial charge is 0.493 e. The fourth-order valence-corrected chi connectivity index (χ4v) is 5.26. The van der Waals surface area contributed by atoms with Crippen molar-refractivity contribution in [2.24, 2.45) is 4.99 Å². The van der Waals surface area contributed by atoms with Crippen LogP contribution in [-0.2, 0) is 16.1 Å². The molecule has 1 aliphatic heterocycles. The molecule has 0 bridgehead atoms. The van der Waals surface area contributed by atoms with E-state index in [-0.39, 0.29) is 11.6 Å². The van der Waals surface area contributed by atoms with Gasteiger partial charge in [-0.3, -0.25) is 0 Å². The third kappa shape index (κ3) is 6.04. The molecule has 5 rings (SSSR count). The molecule has 37 heavy (non-hydrogen) atoms. The highest BCUT2D eigenvalue weighted by Gasteiger charge is 2.24. The predicted molar refractivity (Wildman–Crippen MR) is 162 cm³/mol. The zero-order valence-corrected chi connectivity index (χ0v) is 24.1. The number of rotatable bonds is 7. The molecule has 0 spiro atoms. The first-order chi connectivity index (χ1) is 18.0. The summed E-state index contributed by atoms with van der Waals surface area (Å²) in [6.45, 7) is 0.423.